The number of carbonyl (C=O) groups excluding carboxylic acids is 2. The van der Waals surface area contributed by atoms with E-state index in [0.717, 1.165) is 29.9 Å². The number of nitriles is 1. The van der Waals surface area contributed by atoms with Crippen molar-refractivity contribution >= 4 is 23.6 Å². The second-order valence-corrected chi connectivity index (χ2v) is 6.69. The van der Waals surface area contributed by atoms with Crippen molar-refractivity contribution in [3.63, 3.8) is 0 Å². The summed E-state index contributed by atoms with van der Waals surface area (Å²) < 4.78 is 20.2. The third-order valence-corrected chi connectivity index (χ3v) is 4.47. The van der Waals surface area contributed by atoms with E-state index < -0.39 is 23.8 Å². The molecule has 0 fully saturated rings. The minimum absolute atomic E-state index is 0.191. The van der Waals surface area contributed by atoms with Crippen LogP contribution in [0.1, 0.15) is 37.2 Å². The highest BCUT2D eigenvalue weighted by molar-refractivity contribution is 6.01. The number of esters is 1. The summed E-state index contributed by atoms with van der Waals surface area (Å²) in [5.41, 5.74) is 2.93. The van der Waals surface area contributed by atoms with Crippen LogP contribution in [0.25, 0.3) is 6.08 Å². The zero-order chi connectivity index (χ0) is 21.6. The van der Waals surface area contributed by atoms with Gasteiger partial charge in [0.2, 0.25) is 0 Å². The molecular formula is C22H24FN3O3. The maximum Gasteiger partial charge on any atom is 0.349 e. The number of rotatable bonds is 7. The molecule has 0 bridgehead atoms. The Bertz CT molecular complexity index is 968. The summed E-state index contributed by atoms with van der Waals surface area (Å²) in [5, 5.41) is 11.9. The molecule has 0 aliphatic rings. The topological polar surface area (TPSA) is 84.1 Å². The van der Waals surface area contributed by atoms with E-state index in [1.165, 1.54) is 37.3 Å². The molecule has 1 heterocycles. The second kappa shape index (κ2) is 9.69. The number of ether oxygens (including phenoxy) is 1. The van der Waals surface area contributed by atoms with E-state index in [-0.39, 0.29) is 5.57 Å². The molecule has 152 valence electrons. The number of hydrogen-bond donors (Lipinski definition) is 1. The number of aryl methyl sites for hydroxylation is 1. The van der Waals surface area contributed by atoms with Gasteiger partial charge in [0.05, 0.1) is 0 Å². The Balaban J connectivity index is 2.10. The fourth-order valence-corrected chi connectivity index (χ4v) is 2.89. The average molecular weight is 397 g/mol. The van der Waals surface area contributed by atoms with Crippen molar-refractivity contribution in [1.29, 1.82) is 5.26 Å². The van der Waals surface area contributed by atoms with Gasteiger partial charge in [-0.3, -0.25) is 4.79 Å². The number of anilines is 1. The Hall–Kier alpha value is -3.40. The predicted molar refractivity (Wildman–Crippen MR) is 108 cm³/mol. The summed E-state index contributed by atoms with van der Waals surface area (Å²) in [5.74, 6) is -1.89. The minimum atomic E-state index is -1.13. The first-order valence-corrected chi connectivity index (χ1v) is 9.32. The van der Waals surface area contributed by atoms with E-state index in [1.807, 2.05) is 26.0 Å². The van der Waals surface area contributed by atoms with E-state index in [0.29, 0.717) is 5.69 Å². The molecule has 0 radical (unpaired) electrons. The SMILES string of the molecule is CCCn1c(C)cc(/C=C(\C#N)C(=O)O[C@H](C)C(=O)Nc2ccc(F)cc2)c1C. The maximum atomic E-state index is 12.9. The van der Waals surface area contributed by atoms with Crippen LogP contribution >= 0.6 is 0 Å². The van der Waals surface area contributed by atoms with Crippen LogP contribution in [0.3, 0.4) is 0 Å². The number of benzene rings is 1. The number of nitrogens with zero attached hydrogens (tertiary/aromatic N) is 2. The van der Waals surface area contributed by atoms with Crippen molar-refractivity contribution in [1.82, 2.24) is 4.57 Å². The summed E-state index contributed by atoms with van der Waals surface area (Å²) in [6, 6.07) is 8.95. The first kappa shape index (κ1) is 21.9. The Morgan fingerprint density at radius 3 is 2.55 bits per heavy atom. The predicted octanol–water partition coefficient (Wildman–Crippen LogP) is 4.13. The standard InChI is InChI=1S/C22H24FN3O3/c1-5-10-26-14(2)11-17(15(26)3)12-18(13-24)22(28)29-16(4)21(27)25-20-8-6-19(23)7-9-20/h6-9,11-12,16H,5,10H2,1-4H3,(H,25,27)/b18-12+/t16-/m1/s1. The number of carbonyl (C=O) groups is 2. The second-order valence-electron chi connectivity index (χ2n) is 6.69. The Kier molecular flexibility index (Phi) is 7.32. The van der Waals surface area contributed by atoms with E-state index >= 15 is 0 Å². The number of nitrogens with one attached hydrogen (secondary N) is 1. The molecule has 7 heteroatoms. The molecule has 0 spiro atoms. The lowest BCUT2D eigenvalue weighted by molar-refractivity contribution is -0.148. The van der Waals surface area contributed by atoms with Gasteiger partial charge in [-0.2, -0.15) is 5.26 Å². The van der Waals surface area contributed by atoms with Gasteiger partial charge in [-0.1, -0.05) is 6.92 Å². The van der Waals surface area contributed by atoms with Crippen molar-refractivity contribution in [2.75, 3.05) is 5.32 Å². The van der Waals surface area contributed by atoms with Crippen LogP contribution in [0.15, 0.2) is 35.9 Å². The largest absolute Gasteiger partial charge is 0.448 e. The quantitative estimate of drug-likeness (QED) is 0.432. The molecule has 1 amide bonds. The molecule has 0 unspecified atom stereocenters. The molecule has 6 nitrogen and oxygen atoms in total. The highest BCUT2D eigenvalue weighted by atomic mass is 19.1. The molecule has 1 aromatic carbocycles. The fraction of sp³-hybridized carbons (Fsp3) is 0.318. The third-order valence-electron chi connectivity index (χ3n) is 4.47. The molecule has 0 saturated heterocycles. The molecule has 0 aliphatic heterocycles. The summed E-state index contributed by atoms with van der Waals surface area (Å²) in [7, 11) is 0. The van der Waals surface area contributed by atoms with E-state index in [2.05, 4.69) is 16.8 Å². The zero-order valence-electron chi connectivity index (χ0n) is 17.0. The molecular weight excluding hydrogens is 373 g/mol. The highest BCUT2D eigenvalue weighted by Gasteiger charge is 2.21. The summed E-state index contributed by atoms with van der Waals surface area (Å²) in [6.07, 6.45) is 1.31. The lowest BCUT2D eigenvalue weighted by Gasteiger charge is -2.13. The fourth-order valence-electron chi connectivity index (χ4n) is 2.89. The molecule has 2 aromatic rings. The molecule has 1 aromatic heterocycles. The summed E-state index contributed by atoms with van der Waals surface area (Å²) >= 11 is 0. The molecule has 0 saturated carbocycles. The lowest BCUT2D eigenvalue weighted by atomic mass is 10.1. The van der Waals surface area contributed by atoms with E-state index in [1.54, 1.807) is 0 Å². The monoisotopic (exact) mass is 397 g/mol. The first-order valence-electron chi connectivity index (χ1n) is 9.32. The molecule has 2 rings (SSSR count). The van der Waals surface area contributed by atoms with Gasteiger partial charge in [0.15, 0.2) is 6.10 Å². The van der Waals surface area contributed by atoms with Crippen LogP contribution in [0.4, 0.5) is 10.1 Å². The minimum Gasteiger partial charge on any atom is -0.448 e. The number of halogens is 1. The van der Waals surface area contributed by atoms with Crippen LogP contribution in [0.2, 0.25) is 0 Å². The lowest BCUT2D eigenvalue weighted by Crippen LogP contribution is -2.30. The molecule has 1 atom stereocenters. The highest BCUT2D eigenvalue weighted by Crippen LogP contribution is 2.19. The molecule has 0 aliphatic carbocycles. The Labute approximate surface area is 169 Å². The van der Waals surface area contributed by atoms with Gasteiger partial charge < -0.3 is 14.6 Å². The molecule has 1 N–H and O–H groups in total. The van der Waals surface area contributed by atoms with Crippen LogP contribution in [0, 0.1) is 31.0 Å². The van der Waals surface area contributed by atoms with Gasteiger partial charge in [-0.15, -0.1) is 0 Å². The Morgan fingerprint density at radius 1 is 1.31 bits per heavy atom. The molecule has 29 heavy (non-hydrogen) atoms. The van der Waals surface area contributed by atoms with Crippen LogP contribution in [0.5, 0.6) is 0 Å². The van der Waals surface area contributed by atoms with Gasteiger partial charge in [-0.05, 0) is 69.2 Å². The van der Waals surface area contributed by atoms with E-state index in [9.17, 15) is 19.2 Å². The smallest absolute Gasteiger partial charge is 0.349 e. The summed E-state index contributed by atoms with van der Waals surface area (Å²) in [6.45, 7) is 8.21. The number of amides is 1. The van der Waals surface area contributed by atoms with Crippen molar-refractivity contribution in [3.05, 3.63) is 58.7 Å². The summed E-state index contributed by atoms with van der Waals surface area (Å²) in [4.78, 5) is 24.6. The van der Waals surface area contributed by atoms with Gasteiger partial charge in [0.25, 0.3) is 5.91 Å². The van der Waals surface area contributed by atoms with Gasteiger partial charge >= 0.3 is 5.97 Å². The maximum absolute atomic E-state index is 12.9. The number of aromatic nitrogens is 1. The van der Waals surface area contributed by atoms with Crippen molar-refractivity contribution in [2.45, 2.75) is 46.8 Å². The van der Waals surface area contributed by atoms with Crippen LogP contribution < -0.4 is 5.32 Å². The van der Waals surface area contributed by atoms with E-state index in [4.69, 9.17) is 4.74 Å². The first-order chi connectivity index (χ1) is 13.8. The normalized spacial score (nSPS) is 12.2. The average Bonchev–Trinajstić information content (AvgIpc) is 2.95. The van der Waals surface area contributed by atoms with Crippen molar-refractivity contribution < 1.29 is 18.7 Å². The van der Waals surface area contributed by atoms with Gasteiger partial charge in [-0.25, -0.2) is 9.18 Å². The van der Waals surface area contributed by atoms with Crippen molar-refractivity contribution in [3.8, 4) is 6.07 Å². The third kappa shape index (κ3) is 5.55. The Morgan fingerprint density at radius 2 is 1.97 bits per heavy atom. The van der Waals surface area contributed by atoms with Gasteiger partial charge in [0.1, 0.15) is 17.5 Å². The van der Waals surface area contributed by atoms with Crippen molar-refractivity contribution in [2.24, 2.45) is 0 Å². The van der Waals surface area contributed by atoms with Gasteiger partial charge in [0, 0.05) is 23.6 Å². The number of hydrogen-bond acceptors (Lipinski definition) is 4. The zero-order valence-corrected chi connectivity index (χ0v) is 17.0. The van der Waals surface area contributed by atoms with Crippen LogP contribution in [-0.2, 0) is 20.9 Å². The van der Waals surface area contributed by atoms with Crippen LogP contribution in [-0.4, -0.2) is 22.5 Å².